The Balaban J connectivity index is 1.31. The van der Waals surface area contributed by atoms with Crippen molar-refractivity contribution in [2.24, 2.45) is 23.7 Å². The Morgan fingerprint density at radius 3 is 2.38 bits per heavy atom. The van der Waals surface area contributed by atoms with Crippen molar-refractivity contribution < 1.29 is 14.4 Å². The van der Waals surface area contributed by atoms with Crippen LogP contribution in [0.5, 0.6) is 0 Å². The summed E-state index contributed by atoms with van der Waals surface area (Å²) < 4.78 is 0.914. The Hall–Kier alpha value is -2.47. The van der Waals surface area contributed by atoms with E-state index in [0.29, 0.717) is 11.6 Å². The molecule has 1 N–H and O–H groups in total. The third kappa shape index (κ3) is 3.10. The first kappa shape index (κ1) is 18.6. The molecule has 0 unspecified atom stereocenters. The molecule has 3 amide bonds. The predicted octanol–water partition coefficient (Wildman–Crippen LogP) is 3.81. The summed E-state index contributed by atoms with van der Waals surface area (Å²) in [4.78, 5) is 39.7. The molecule has 5 nitrogen and oxygen atoms in total. The molecule has 0 aromatic heterocycles. The van der Waals surface area contributed by atoms with Crippen molar-refractivity contribution >= 4 is 39.3 Å². The Morgan fingerprint density at radius 2 is 1.66 bits per heavy atom. The zero-order valence-electron chi connectivity index (χ0n) is 15.8. The summed E-state index contributed by atoms with van der Waals surface area (Å²) in [7, 11) is 0. The number of halogens is 1. The van der Waals surface area contributed by atoms with E-state index in [1.165, 1.54) is 10.5 Å². The van der Waals surface area contributed by atoms with Gasteiger partial charge in [0.1, 0.15) is 6.54 Å². The Morgan fingerprint density at radius 1 is 0.966 bits per heavy atom. The van der Waals surface area contributed by atoms with Gasteiger partial charge in [0.25, 0.3) is 0 Å². The number of rotatable bonds is 4. The van der Waals surface area contributed by atoms with Crippen LogP contribution in [0.2, 0.25) is 0 Å². The van der Waals surface area contributed by atoms with E-state index in [4.69, 9.17) is 0 Å². The standard InChI is InChI=1S/C23H21BrN2O3/c24-15-6-8-16(9-7-15)25-19(27)12-26-22(28)20-14-10-17(13-4-2-1-3-5-13)18(11-14)21(20)23(26)29/h1-9,14,17-18,20-21H,10-12H2,(H,25,27)/t14-,17-,18+,20+,21+/m0/s1. The lowest BCUT2D eigenvalue weighted by Gasteiger charge is -2.28. The second kappa shape index (κ2) is 7.10. The van der Waals surface area contributed by atoms with E-state index in [1.807, 2.05) is 30.3 Å². The van der Waals surface area contributed by atoms with Gasteiger partial charge in [0, 0.05) is 10.2 Å². The fourth-order valence-corrected chi connectivity index (χ4v) is 5.90. The Bertz CT molecular complexity index is 975. The molecule has 2 aromatic rings. The lowest BCUT2D eigenvalue weighted by molar-refractivity contribution is -0.143. The van der Waals surface area contributed by atoms with Crippen LogP contribution in [0.4, 0.5) is 5.69 Å². The summed E-state index contributed by atoms with van der Waals surface area (Å²) in [5.74, 6) is -0.421. The third-order valence-corrected chi connectivity index (χ3v) is 7.29. The molecule has 0 spiro atoms. The molecule has 0 radical (unpaired) electrons. The molecule has 1 heterocycles. The molecule has 3 aliphatic rings. The van der Waals surface area contributed by atoms with E-state index >= 15 is 0 Å². The fourth-order valence-electron chi connectivity index (χ4n) is 5.64. The van der Waals surface area contributed by atoms with Crippen molar-refractivity contribution in [2.75, 3.05) is 11.9 Å². The number of fused-ring (bicyclic) bond motifs is 5. The molecule has 3 fully saturated rings. The largest absolute Gasteiger partial charge is 0.325 e. The SMILES string of the molecule is O=C(CN1C(=O)[C@@H]2[C@@H]3C[C@@H]([C@H]2C1=O)[C@H](c1ccccc1)C3)Nc1ccc(Br)cc1. The van der Waals surface area contributed by atoms with Crippen molar-refractivity contribution in [1.82, 2.24) is 4.90 Å². The molecule has 5 rings (SSSR count). The van der Waals surface area contributed by atoms with E-state index in [0.717, 1.165) is 17.3 Å². The molecule has 6 heteroatoms. The molecule has 1 saturated heterocycles. The van der Waals surface area contributed by atoms with Gasteiger partial charge >= 0.3 is 0 Å². The molecular formula is C23H21BrN2O3. The summed E-state index contributed by atoms with van der Waals surface area (Å²) in [6, 6.07) is 17.5. The smallest absolute Gasteiger partial charge is 0.244 e. The minimum atomic E-state index is -0.346. The van der Waals surface area contributed by atoms with Gasteiger partial charge in [-0.1, -0.05) is 46.3 Å². The zero-order valence-corrected chi connectivity index (χ0v) is 17.3. The molecule has 2 saturated carbocycles. The highest BCUT2D eigenvalue weighted by atomic mass is 79.9. The van der Waals surface area contributed by atoms with Crippen molar-refractivity contribution in [1.29, 1.82) is 0 Å². The molecule has 2 aromatic carbocycles. The van der Waals surface area contributed by atoms with Crippen molar-refractivity contribution in [3.8, 4) is 0 Å². The zero-order chi connectivity index (χ0) is 20.1. The normalized spacial score (nSPS) is 30.0. The molecular weight excluding hydrogens is 432 g/mol. The second-order valence-corrected chi connectivity index (χ2v) is 9.20. The number of carbonyl (C=O) groups excluding carboxylic acids is 3. The summed E-state index contributed by atoms with van der Waals surface area (Å²) >= 11 is 3.35. The minimum Gasteiger partial charge on any atom is -0.325 e. The molecule has 5 atom stereocenters. The Kier molecular flexibility index (Phi) is 4.54. The quantitative estimate of drug-likeness (QED) is 0.717. The van der Waals surface area contributed by atoms with E-state index < -0.39 is 0 Å². The first-order valence-corrected chi connectivity index (χ1v) is 10.8. The predicted molar refractivity (Wildman–Crippen MR) is 112 cm³/mol. The number of nitrogens with one attached hydrogen (secondary N) is 1. The highest BCUT2D eigenvalue weighted by Gasteiger charge is 2.63. The first-order chi connectivity index (χ1) is 14.0. The van der Waals surface area contributed by atoms with Gasteiger partial charge in [-0.15, -0.1) is 0 Å². The van der Waals surface area contributed by atoms with Crippen LogP contribution in [0.1, 0.15) is 24.3 Å². The monoisotopic (exact) mass is 452 g/mol. The van der Waals surface area contributed by atoms with Gasteiger partial charge in [0.15, 0.2) is 0 Å². The lowest BCUT2D eigenvalue weighted by Crippen LogP contribution is -2.39. The van der Waals surface area contributed by atoms with Crippen LogP contribution in [0.25, 0.3) is 0 Å². The Labute approximate surface area is 177 Å². The van der Waals surface area contributed by atoms with Gasteiger partial charge in [-0.3, -0.25) is 19.3 Å². The third-order valence-electron chi connectivity index (χ3n) is 6.76. The van der Waals surface area contributed by atoms with Gasteiger partial charge in [-0.05, 0) is 60.4 Å². The molecule has 2 bridgehead atoms. The highest BCUT2D eigenvalue weighted by Crippen LogP contribution is 2.61. The van der Waals surface area contributed by atoms with Gasteiger partial charge in [0.05, 0.1) is 11.8 Å². The van der Waals surface area contributed by atoms with Gasteiger partial charge in [-0.2, -0.15) is 0 Å². The maximum atomic E-state index is 13.1. The number of carbonyl (C=O) groups is 3. The number of anilines is 1. The van der Waals surface area contributed by atoms with Crippen LogP contribution in [0, 0.1) is 23.7 Å². The number of imide groups is 1. The maximum Gasteiger partial charge on any atom is 0.244 e. The van der Waals surface area contributed by atoms with Crippen molar-refractivity contribution in [2.45, 2.75) is 18.8 Å². The van der Waals surface area contributed by atoms with E-state index in [2.05, 4.69) is 33.4 Å². The van der Waals surface area contributed by atoms with Crippen LogP contribution in [0.15, 0.2) is 59.1 Å². The average molecular weight is 453 g/mol. The van der Waals surface area contributed by atoms with Crippen LogP contribution in [0.3, 0.4) is 0 Å². The van der Waals surface area contributed by atoms with Crippen molar-refractivity contribution in [3.63, 3.8) is 0 Å². The van der Waals surface area contributed by atoms with Crippen molar-refractivity contribution in [3.05, 3.63) is 64.6 Å². The van der Waals surface area contributed by atoms with E-state index in [1.54, 1.807) is 12.1 Å². The lowest BCUT2D eigenvalue weighted by atomic mass is 9.73. The van der Waals surface area contributed by atoms with Crippen LogP contribution in [-0.2, 0) is 14.4 Å². The van der Waals surface area contributed by atoms with Crippen LogP contribution < -0.4 is 5.32 Å². The van der Waals surface area contributed by atoms with Gasteiger partial charge < -0.3 is 5.32 Å². The average Bonchev–Trinajstić information content (AvgIpc) is 3.38. The summed E-state index contributed by atoms with van der Waals surface area (Å²) in [5, 5.41) is 2.77. The minimum absolute atomic E-state index is 0.162. The highest BCUT2D eigenvalue weighted by molar-refractivity contribution is 9.10. The summed E-state index contributed by atoms with van der Waals surface area (Å²) in [6.07, 6.45) is 1.89. The maximum absolute atomic E-state index is 13.1. The molecule has 1 aliphatic heterocycles. The number of hydrogen-bond donors (Lipinski definition) is 1. The molecule has 29 heavy (non-hydrogen) atoms. The summed E-state index contributed by atoms with van der Waals surface area (Å²) in [5.41, 5.74) is 1.90. The fraction of sp³-hybridized carbons (Fsp3) is 0.348. The van der Waals surface area contributed by atoms with E-state index in [9.17, 15) is 14.4 Å². The van der Waals surface area contributed by atoms with Gasteiger partial charge in [-0.25, -0.2) is 0 Å². The number of likely N-dealkylation sites (tertiary alicyclic amines) is 1. The number of amides is 3. The van der Waals surface area contributed by atoms with Crippen LogP contribution >= 0.6 is 15.9 Å². The van der Waals surface area contributed by atoms with Crippen LogP contribution in [-0.4, -0.2) is 29.2 Å². The number of nitrogens with zero attached hydrogens (tertiary/aromatic N) is 1. The number of hydrogen-bond acceptors (Lipinski definition) is 3. The van der Waals surface area contributed by atoms with Gasteiger partial charge in [0.2, 0.25) is 17.7 Å². The second-order valence-electron chi connectivity index (χ2n) is 8.28. The van der Waals surface area contributed by atoms with E-state index in [-0.39, 0.29) is 47.9 Å². The summed E-state index contributed by atoms with van der Waals surface area (Å²) in [6.45, 7) is -0.212. The first-order valence-electron chi connectivity index (χ1n) is 9.98. The molecule has 2 aliphatic carbocycles. The molecule has 148 valence electrons. The number of benzene rings is 2. The topological polar surface area (TPSA) is 66.5 Å².